The van der Waals surface area contributed by atoms with Gasteiger partial charge in [0.25, 0.3) is 0 Å². The van der Waals surface area contributed by atoms with Crippen LogP contribution in [-0.4, -0.2) is 14.8 Å². The molecule has 3 aromatic heterocycles. The highest BCUT2D eigenvalue weighted by atomic mass is 32.1. The fraction of sp³-hybridized carbons (Fsp3) is 0.0909. The standard InChI is InChI=1S/C11H9N3S2/c1-14-6-8(5-12-14)9-7-16-11(13-9)10-3-2-4-15-10/h2-7H,1H3. The minimum Gasteiger partial charge on any atom is -0.275 e. The molecule has 0 bridgehead atoms. The second kappa shape index (κ2) is 3.84. The van der Waals surface area contributed by atoms with E-state index in [1.165, 1.54) is 4.88 Å². The third kappa shape index (κ3) is 1.68. The molecule has 16 heavy (non-hydrogen) atoms. The van der Waals surface area contributed by atoms with Gasteiger partial charge in [0, 0.05) is 24.2 Å². The summed E-state index contributed by atoms with van der Waals surface area (Å²) in [6, 6.07) is 4.14. The molecule has 0 saturated carbocycles. The van der Waals surface area contributed by atoms with Gasteiger partial charge in [-0.05, 0) is 11.4 Å². The summed E-state index contributed by atoms with van der Waals surface area (Å²) in [4.78, 5) is 5.83. The summed E-state index contributed by atoms with van der Waals surface area (Å²) in [6.45, 7) is 0. The summed E-state index contributed by atoms with van der Waals surface area (Å²) in [5, 5.41) is 9.37. The summed E-state index contributed by atoms with van der Waals surface area (Å²) in [5.41, 5.74) is 2.07. The fourth-order valence-electron chi connectivity index (χ4n) is 1.47. The minimum absolute atomic E-state index is 1.00. The van der Waals surface area contributed by atoms with Crippen molar-refractivity contribution in [2.24, 2.45) is 7.05 Å². The number of thiazole rings is 1. The van der Waals surface area contributed by atoms with E-state index in [9.17, 15) is 0 Å². The van der Waals surface area contributed by atoms with Crippen LogP contribution in [0.2, 0.25) is 0 Å². The van der Waals surface area contributed by atoms with Crippen LogP contribution < -0.4 is 0 Å². The lowest BCUT2D eigenvalue weighted by Gasteiger charge is -1.88. The van der Waals surface area contributed by atoms with Crippen molar-refractivity contribution in [2.45, 2.75) is 0 Å². The first-order valence-corrected chi connectivity index (χ1v) is 6.57. The number of thiophene rings is 1. The fourth-order valence-corrected chi connectivity index (χ4v) is 3.12. The van der Waals surface area contributed by atoms with Gasteiger partial charge < -0.3 is 0 Å². The molecule has 3 rings (SSSR count). The smallest absolute Gasteiger partial charge is 0.134 e. The first kappa shape index (κ1) is 9.74. The van der Waals surface area contributed by atoms with Crippen molar-refractivity contribution < 1.29 is 0 Å². The van der Waals surface area contributed by atoms with Crippen molar-refractivity contribution in [3.8, 4) is 21.1 Å². The molecule has 0 atom stereocenters. The Morgan fingerprint density at radius 2 is 2.25 bits per heavy atom. The van der Waals surface area contributed by atoms with E-state index in [0.29, 0.717) is 0 Å². The molecule has 0 radical (unpaired) electrons. The Balaban J connectivity index is 2.00. The molecular weight excluding hydrogens is 238 g/mol. The predicted molar refractivity (Wildman–Crippen MR) is 67.6 cm³/mol. The lowest BCUT2D eigenvalue weighted by Crippen LogP contribution is -1.84. The monoisotopic (exact) mass is 247 g/mol. The molecule has 0 amide bonds. The first-order valence-electron chi connectivity index (χ1n) is 4.81. The van der Waals surface area contributed by atoms with Gasteiger partial charge in [0.05, 0.1) is 16.8 Å². The first-order chi connectivity index (χ1) is 7.83. The topological polar surface area (TPSA) is 30.7 Å². The summed E-state index contributed by atoms with van der Waals surface area (Å²) in [7, 11) is 1.91. The SMILES string of the molecule is Cn1cc(-c2csc(-c3cccs3)n2)cn1. The average molecular weight is 247 g/mol. The van der Waals surface area contributed by atoms with Crippen LogP contribution in [0.3, 0.4) is 0 Å². The molecule has 80 valence electrons. The van der Waals surface area contributed by atoms with E-state index in [1.54, 1.807) is 27.4 Å². The number of aromatic nitrogens is 3. The lowest BCUT2D eigenvalue weighted by atomic mass is 10.3. The van der Waals surface area contributed by atoms with E-state index in [1.807, 2.05) is 25.5 Å². The Bertz CT molecular complexity index is 592. The summed E-state index contributed by atoms with van der Waals surface area (Å²) >= 11 is 3.39. The Hall–Kier alpha value is -1.46. The van der Waals surface area contributed by atoms with Gasteiger partial charge in [0.2, 0.25) is 0 Å². The van der Waals surface area contributed by atoms with E-state index >= 15 is 0 Å². The Morgan fingerprint density at radius 1 is 1.31 bits per heavy atom. The van der Waals surface area contributed by atoms with E-state index in [-0.39, 0.29) is 0 Å². The predicted octanol–water partition coefficient (Wildman–Crippen LogP) is 3.27. The van der Waals surface area contributed by atoms with Crippen LogP contribution in [0.25, 0.3) is 21.1 Å². The molecule has 0 unspecified atom stereocenters. The molecule has 3 aromatic rings. The highest BCUT2D eigenvalue weighted by Crippen LogP contribution is 2.31. The largest absolute Gasteiger partial charge is 0.275 e. The summed E-state index contributed by atoms with van der Waals surface area (Å²) < 4.78 is 1.79. The molecule has 5 heteroatoms. The van der Waals surface area contributed by atoms with Crippen LogP contribution in [0.4, 0.5) is 0 Å². The van der Waals surface area contributed by atoms with Gasteiger partial charge in [0.1, 0.15) is 5.01 Å². The zero-order chi connectivity index (χ0) is 11.0. The summed E-state index contributed by atoms with van der Waals surface area (Å²) in [6.07, 6.45) is 3.82. The van der Waals surface area contributed by atoms with Gasteiger partial charge in [-0.2, -0.15) is 5.10 Å². The lowest BCUT2D eigenvalue weighted by molar-refractivity contribution is 0.768. The van der Waals surface area contributed by atoms with Crippen molar-refractivity contribution in [1.29, 1.82) is 0 Å². The van der Waals surface area contributed by atoms with Gasteiger partial charge in [-0.15, -0.1) is 22.7 Å². The second-order valence-electron chi connectivity index (χ2n) is 3.42. The molecule has 3 heterocycles. The number of nitrogens with zero attached hydrogens (tertiary/aromatic N) is 3. The Kier molecular flexibility index (Phi) is 2.34. The van der Waals surface area contributed by atoms with Crippen molar-refractivity contribution in [2.75, 3.05) is 0 Å². The molecule has 0 fully saturated rings. The van der Waals surface area contributed by atoms with Crippen molar-refractivity contribution in [3.63, 3.8) is 0 Å². The molecule has 0 aliphatic heterocycles. The molecule has 3 nitrogen and oxygen atoms in total. The minimum atomic E-state index is 1.00. The molecule has 0 aromatic carbocycles. The maximum atomic E-state index is 4.61. The normalized spacial score (nSPS) is 10.8. The van der Waals surface area contributed by atoms with Crippen LogP contribution in [0, 0.1) is 0 Å². The van der Waals surface area contributed by atoms with Gasteiger partial charge in [-0.1, -0.05) is 6.07 Å². The third-order valence-electron chi connectivity index (χ3n) is 2.24. The zero-order valence-electron chi connectivity index (χ0n) is 8.62. The molecule has 0 N–H and O–H groups in total. The number of hydrogen-bond acceptors (Lipinski definition) is 4. The number of aryl methyl sites for hydroxylation is 1. The molecule has 0 spiro atoms. The van der Waals surface area contributed by atoms with Crippen LogP contribution in [0.1, 0.15) is 0 Å². The van der Waals surface area contributed by atoms with Crippen molar-refractivity contribution in [1.82, 2.24) is 14.8 Å². The van der Waals surface area contributed by atoms with E-state index in [0.717, 1.165) is 16.3 Å². The van der Waals surface area contributed by atoms with Gasteiger partial charge in [-0.3, -0.25) is 4.68 Å². The number of hydrogen-bond donors (Lipinski definition) is 0. The molecular formula is C11H9N3S2. The number of rotatable bonds is 2. The van der Waals surface area contributed by atoms with Crippen LogP contribution >= 0.6 is 22.7 Å². The van der Waals surface area contributed by atoms with Gasteiger partial charge in [0.15, 0.2) is 0 Å². The quantitative estimate of drug-likeness (QED) is 0.696. The van der Waals surface area contributed by atoms with Crippen molar-refractivity contribution in [3.05, 3.63) is 35.3 Å². The van der Waals surface area contributed by atoms with Gasteiger partial charge in [-0.25, -0.2) is 4.98 Å². The Morgan fingerprint density at radius 3 is 2.94 bits per heavy atom. The maximum Gasteiger partial charge on any atom is 0.134 e. The van der Waals surface area contributed by atoms with Crippen LogP contribution in [0.15, 0.2) is 35.3 Å². The van der Waals surface area contributed by atoms with Crippen LogP contribution in [-0.2, 0) is 7.05 Å². The maximum absolute atomic E-state index is 4.61. The van der Waals surface area contributed by atoms with Gasteiger partial charge >= 0.3 is 0 Å². The average Bonchev–Trinajstić information content (AvgIpc) is 2.97. The van der Waals surface area contributed by atoms with E-state index < -0.39 is 0 Å². The molecule has 0 saturated heterocycles. The highest BCUT2D eigenvalue weighted by Gasteiger charge is 2.08. The van der Waals surface area contributed by atoms with Crippen molar-refractivity contribution >= 4 is 22.7 Å². The van der Waals surface area contributed by atoms with Crippen LogP contribution in [0.5, 0.6) is 0 Å². The second-order valence-corrected chi connectivity index (χ2v) is 5.22. The summed E-state index contributed by atoms with van der Waals surface area (Å²) in [5.74, 6) is 0. The molecule has 0 aliphatic rings. The van der Waals surface area contributed by atoms with E-state index in [4.69, 9.17) is 0 Å². The molecule has 0 aliphatic carbocycles. The zero-order valence-corrected chi connectivity index (χ0v) is 10.3. The van der Waals surface area contributed by atoms with E-state index in [2.05, 4.69) is 26.9 Å². The Labute approximate surface area is 101 Å². The highest BCUT2D eigenvalue weighted by molar-refractivity contribution is 7.20. The third-order valence-corrected chi connectivity index (χ3v) is 4.12.